The summed E-state index contributed by atoms with van der Waals surface area (Å²) in [6, 6.07) is 5.67. The number of rotatable bonds is 6. The van der Waals surface area contributed by atoms with E-state index < -0.39 is 25.8 Å². The number of nitrogens with zero attached hydrogens (tertiary/aromatic N) is 3. The van der Waals surface area contributed by atoms with Crippen LogP contribution in [0.2, 0.25) is 5.02 Å². The summed E-state index contributed by atoms with van der Waals surface area (Å²) in [7, 11) is -4.23. The fourth-order valence-electron chi connectivity index (χ4n) is 1.61. The summed E-state index contributed by atoms with van der Waals surface area (Å²) in [5, 5.41) is 16.7. The number of hydrogen-bond acceptors (Lipinski definition) is 5. The van der Waals surface area contributed by atoms with Gasteiger partial charge in [0, 0.05) is 31.6 Å². The summed E-state index contributed by atoms with van der Waals surface area (Å²) in [6.07, 6.45) is -0.162. The van der Waals surface area contributed by atoms with Crippen LogP contribution in [0, 0.1) is 28.5 Å². The minimum absolute atomic E-state index is 0.000455. The van der Waals surface area contributed by atoms with Gasteiger partial charge in [-0.15, -0.1) is 0 Å². The number of anilines is 1. The Labute approximate surface area is 127 Å². The fourth-order valence-corrected chi connectivity index (χ4v) is 3.46. The number of nitrogen functional groups attached to an aromatic ring is 1. The molecule has 0 aliphatic heterocycles. The molecule has 0 aromatic heterocycles. The molecule has 0 saturated heterocycles. The summed E-state index contributed by atoms with van der Waals surface area (Å²) in [5.41, 5.74) is 5.49. The van der Waals surface area contributed by atoms with E-state index in [4.69, 9.17) is 27.9 Å². The molecule has 0 unspecified atom stereocenters. The van der Waals surface area contributed by atoms with Crippen LogP contribution in [-0.4, -0.2) is 25.8 Å². The van der Waals surface area contributed by atoms with Crippen molar-refractivity contribution in [2.45, 2.75) is 17.7 Å². The van der Waals surface area contributed by atoms with Gasteiger partial charge in [0.05, 0.1) is 17.2 Å². The predicted octanol–water partition coefficient (Wildman–Crippen LogP) is 1.88. The quantitative estimate of drug-likeness (QED) is 0.800. The molecule has 6 nitrogen and oxygen atoms in total. The van der Waals surface area contributed by atoms with Crippen LogP contribution >= 0.6 is 11.6 Å². The van der Waals surface area contributed by atoms with Crippen molar-refractivity contribution in [3.8, 4) is 12.1 Å². The van der Waals surface area contributed by atoms with Gasteiger partial charge in [-0.1, -0.05) is 11.6 Å². The standard InChI is InChI=1S/C12H12ClFN4O2S/c13-10-7-9(17)8-11(12(10)14)21(19,20)18(5-1-3-15)6-2-4-16/h7-8H,1-2,5-6,17H2. The fraction of sp³-hybridized carbons (Fsp3) is 0.333. The molecule has 0 amide bonds. The first-order valence-corrected chi connectivity index (χ1v) is 7.65. The van der Waals surface area contributed by atoms with Crippen molar-refractivity contribution >= 4 is 27.3 Å². The molecular weight excluding hydrogens is 319 g/mol. The van der Waals surface area contributed by atoms with Crippen molar-refractivity contribution in [3.05, 3.63) is 23.0 Å². The Kier molecular flexibility index (Phi) is 5.91. The van der Waals surface area contributed by atoms with Gasteiger partial charge in [-0.3, -0.25) is 0 Å². The molecule has 21 heavy (non-hydrogen) atoms. The second kappa shape index (κ2) is 7.23. The van der Waals surface area contributed by atoms with Crippen molar-refractivity contribution in [1.82, 2.24) is 4.31 Å². The molecule has 1 rings (SSSR count). The molecule has 1 aromatic rings. The average Bonchev–Trinajstić information content (AvgIpc) is 2.42. The van der Waals surface area contributed by atoms with Gasteiger partial charge in [0.2, 0.25) is 10.0 Å². The Morgan fingerprint density at radius 1 is 1.24 bits per heavy atom. The van der Waals surface area contributed by atoms with Crippen LogP contribution in [0.4, 0.5) is 10.1 Å². The molecule has 0 radical (unpaired) electrons. The minimum Gasteiger partial charge on any atom is -0.399 e. The van der Waals surface area contributed by atoms with Crippen LogP contribution in [-0.2, 0) is 10.0 Å². The van der Waals surface area contributed by atoms with Crippen LogP contribution in [0.25, 0.3) is 0 Å². The monoisotopic (exact) mass is 330 g/mol. The van der Waals surface area contributed by atoms with E-state index in [0.29, 0.717) is 0 Å². The van der Waals surface area contributed by atoms with E-state index in [0.717, 1.165) is 16.4 Å². The van der Waals surface area contributed by atoms with Crippen LogP contribution < -0.4 is 5.73 Å². The molecule has 9 heteroatoms. The van der Waals surface area contributed by atoms with E-state index in [-0.39, 0.29) is 31.6 Å². The Morgan fingerprint density at radius 2 is 1.76 bits per heavy atom. The molecule has 0 aliphatic rings. The summed E-state index contributed by atoms with van der Waals surface area (Å²) in [5.74, 6) is -1.11. The third-order valence-electron chi connectivity index (χ3n) is 2.58. The first-order chi connectivity index (χ1) is 9.84. The molecule has 0 heterocycles. The Morgan fingerprint density at radius 3 is 2.24 bits per heavy atom. The lowest BCUT2D eigenvalue weighted by molar-refractivity contribution is 0.421. The van der Waals surface area contributed by atoms with Crippen molar-refractivity contribution in [2.24, 2.45) is 0 Å². The summed E-state index contributed by atoms with van der Waals surface area (Å²) in [4.78, 5) is -0.664. The molecule has 0 spiro atoms. The van der Waals surface area contributed by atoms with E-state index in [1.54, 1.807) is 12.1 Å². The third kappa shape index (κ3) is 4.05. The number of nitriles is 2. The van der Waals surface area contributed by atoms with Crippen LogP contribution in [0.5, 0.6) is 0 Å². The molecular formula is C12H12ClFN4O2S. The van der Waals surface area contributed by atoms with Gasteiger partial charge >= 0.3 is 0 Å². The molecule has 0 aliphatic carbocycles. The summed E-state index contributed by atoms with van der Waals surface area (Å²) in [6.45, 7) is -0.293. The molecule has 0 bridgehead atoms. The molecule has 1 aromatic carbocycles. The van der Waals surface area contributed by atoms with Gasteiger partial charge < -0.3 is 5.73 Å². The van der Waals surface area contributed by atoms with Crippen molar-refractivity contribution in [3.63, 3.8) is 0 Å². The topological polar surface area (TPSA) is 111 Å². The highest BCUT2D eigenvalue weighted by Crippen LogP contribution is 2.28. The number of halogens is 2. The van der Waals surface area contributed by atoms with Gasteiger partial charge in [0.1, 0.15) is 4.90 Å². The highest BCUT2D eigenvalue weighted by Gasteiger charge is 2.28. The zero-order valence-corrected chi connectivity index (χ0v) is 12.5. The first-order valence-electron chi connectivity index (χ1n) is 5.83. The Hall–Kier alpha value is -1.87. The van der Waals surface area contributed by atoms with Gasteiger partial charge in [0.15, 0.2) is 5.82 Å². The SMILES string of the molecule is N#CCCN(CCC#N)S(=O)(=O)c1cc(N)cc(Cl)c1F. The normalized spacial score (nSPS) is 11.1. The van der Waals surface area contributed by atoms with E-state index in [2.05, 4.69) is 0 Å². The van der Waals surface area contributed by atoms with Crippen LogP contribution in [0.1, 0.15) is 12.8 Å². The molecule has 0 saturated carbocycles. The van der Waals surface area contributed by atoms with Gasteiger partial charge in [-0.2, -0.15) is 14.8 Å². The van der Waals surface area contributed by atoms with Crippen molar-refractivity contribution < 1.29 is 12.8 Å². The maximum Gasteiger partial charge on any atom is 0.246 e. The number of nitrogens with two attached hydrogens (primary N) is 1. The van der Waals surface area contributed by atoms with E-state index in [1.807, 2.05) is 0 Å². The largest absolute Gasteiger partial charge is 0.399 e. The van der Waals surface area contributed by atoms with E-state index in [1.165, 1.54) is 0 Å². The molecule has 0 fully saturated rings. The third-order valence-corrected chi connectivity index (χ3v) is 4.75. The van der Waals surface area contributed by atoms with Crippen molar-refractivity contribution in [2.75, 3.05) is 18.8 Å². The second-order valence-electron chi connectivity index (χ2n) is 4.04. The number of sulfonamides is 1. The zero-order valence-electron chi connectivity index (χ0n) is 10.9. The predicted molar refractivity (Wildman–Crippen MR) is 75.0 cm³/mol. The van der Waals surface area contributed by atoms with E-state index in [9.17, 15) is 12.8 Å². The molecule has 0 atom stereocenters. The van der Waals surface area contributed by atoms with E-state index >= 15 is 0 Å². The van der Waals surface area contributed by atoms with Crippen molar-refractivity contribution in [1.29, 1.82) is 10.5 Å². The lowest BCUT2D eigenvalue weighted by Gasteiger charge is -2.20. The molecule has 2 N–H and O–H groups in total. The minimum atomic E-state index is -4.23. The highest BCUT2D eigenvalue weighted by atomic mass is 35.5. The average molecular weight is 331 g/mol. The highest BCUT2D eigenvalue weighted by molar-refractivity contribution is 7.89. The number of hydrogen-bond donors (Lipinski definition) is 1. The van der Waals surface area contributed by atoms with Gasteiger partial charge in [-0.05, 0) is 12.1 Å². The smallest absolute Gasteiger partial charge is 0.246 e. The summed E-state index contributed by atoms with van der Waals surface area (Å²) >= 11 is 5.60. The molecule has 112 valence electrons. The van der Waals surface area contributed by atoms with Crippen LogP contribution in [0.15, 0.2) is 17.0 Å². The van der Waals surface area contributed by atoms with Gasteiger partial charge in [-0.25, -0.2) is 12.8 Å². The zero-order chi connectivity index (χ0) is 16.0. The lowest BCUT2D eigenvalue weighted by Crippen LogP contribution is -2.33. The maximum atomic E-state index is 14.0. The number of benzene rings is 1. The Bertz CT molecular complexity index is 691. The second-order valence-corrected chi connectivity index (χ2v) is 6.35. The maximum absolute atomic E-state index is 14.0. The lowest BCUT2D eigenvalue weighted by atomic mass is 10.3. The first kappa shape index (κ1) is 17.2. The van der Waals surface area contributed by atoms with Gasteiger partial charge in [0.25, 0.3) is 0 Å². The van der Waals surface area contributed by atoms with Crippen LogP contribution in [0.3, 0.4) is 0 Å². The summed E-state index contributed by atoms with van der Waals surface area (Å²) < 4.78 is 39.7. The Balaban J connectivity index is 3.29.